The molecule has 0 spiro atoms. The van der Waals surface area contributed by atoms with Crippen LogP contribution >= 0.6 is 0 Å². The highest BCUT2D eigenvalue weighted by atomic mass is 19.1. The van der Waals surface area contributed by atoms with Gasteiger partial charge in [0.25, 0.3) is 5.91 Å². The highest BCUT2D eigenvalue weighted by Gasteiger charge is 2.30. The van der Waals surface area contributed by atoms with Crippen LogP contribution in [0, 0.1) is 5.95 Å². The second-order valence-electron chi connectivity index (χ2n) is 8.01. The molecule has 1 saturated carbocycles. The number of hydrogen-bond donors (Lipinski definition) is 2. The molecule has 11 nitrogen and oxygen atoms in total. The predicted molar refractivity (Wildman–Crippen MR) is 118 cm³/mol. The van der Waals surface area contributed by atoms with Crippen LogP contribution in [0.1, 0.15) is 49.1 Å². The summed E-state index contributed by atoms with van der Waals surface area (Å²) < 4.78 is 27.6. The Labute approximate surface area is 193 Å². The van der Waals surface area contributed by atoms with Gasteiger partial charge in [-0.05, 0) is 32.6 Å². The first-order valence-corrected chi connectivity index (χ1v) is 11.0. The molecule has 3 N–H and O–H groups in total. The number of nitrogens with zero attached hydrogens (tertiary/aromatic N) is 6. The molecule has 1 aliphatic rings. The summed E-state index contributed by atoms with van der Waals surface area (Å²) >= 11 is 0. The van der Waals surface area contributed by atoms with E-state index in [0.29, 0.717) is 23.6 Å². The molecule has 5 rings (SSSR count). The van der Waals surface area contributed by atoms with Crippen molar-refractivity contribution in [2.24, 2.45) is 5.73 Å². The fraction of sp³-hybridized carbons (Fsp3) is 0.364. The van der Waals surface area contributed by atoms with Gasteiger partial charge in [0.05, 0.1) is 30.1 Å². The molecule has 0 radical (unpaired) electrons. The van der Waals surface area contributed by atoms with Gasteiger partial charge in [0.2, 0.25) is 11.8 Å². The predicted octanol–water partition coefficient (Wildman–Crippen LogP) is 3.14. The maximum absolute atomic E-state index is 14.1. The van der Waals surface area contributed by atoms with E-state index in [1.54, 1.807) is 24.8 Å². The molecule has 0 bridgehead atoms. The third kappa shape index (κ3) is 4.07. The second kappa shape index (κ2) is 9.14. The number of hydrogen-bond acceptors (Lipinski definition) is 8. The number of oxazole rings is 1. The zero-order chi connectivity index (χ0) is 23.7. The van der Waals surface area contributed by atoms with Crippen molar-refractivity contribution in [3.63, 3.8) is 0 Å². The molecule has 0 atom stereocenters. The Bertz CT molecular complexity index is 1290. The molecule has 1 amide bonds. The molecule has 4 aromatic heterocycles. The molecule has 0 saturated heterocycles. The zero-order valence-corrected chi connectivity index (χ0v) is 18.4. The monoisotopic (exact) mass is 466 g/mol. The Morgan fingerprint density at radius 1 is 1.26 bits per heavy atom. The lowest BCUT2D eigenvalue weighted by atomic mass is 9.93. The molecule has 0 aliphatic heterocycles. The first kappa shape index (κ1) is 21.9. The number of carbonyl (C=O) groups excluding carboxylic acids is 1. The van der Waals surface area contributed by atoms with Gasteiger partial charge >= 0.3 is 0 Å². The van der Waals surface area contributed by atoms with Crippen LogP contribution in [-0.4, -0.2) is 53.5 Å². The number of carbonyl (C=O) groups is 1. The molecule has 176 valence electrons. The molecule has 0 unspecified atom stereocenters. The molecule has 1 fully saturated rings. The van der Waals surface area contributed by atoms with Gasteiger partial charge in [0.1, 0.15) is 17.0 Å². The van der Waals surface area contributed by atoms with Gasteiger partial charge < -0.3 is 14.9 Å². The van der Waals surface area contributed by atoms with Crippen molar-refractivity contribution < 1.29 is 18.3 Å². The van der Waals surface area contributed by atoms with Gasteiger partial charge in [-0.15, -0.1) is 0 Å². The van der Waals surface area contributed by atoms with E-state index < -0.39 is 11.9 Å². The number of primary amides is 1. The lowest BCUT2D eigenvalue weighted by Gasteiger charge is -2.28. The number of nitrogens with one attached hydrogen (secondary N) is 1. The van der Waals surface area contributed by atoms with E-state index in [2.05, 4.69) is 25.1 Å². The number of ether oxygens (including phenoxy) is 1. The van der Waals surface area contributed by atoms with Gasteiger partial charge in [-0.1, -0.05) is 0 Å². The van der Waals surface area contributed by atoms with E-state index in [-0.39, 0.29) is 35.1 Å². The summed E-state index contributed by atoms with van der Waals surface area (Å²) in [5.74, 6) is -1.59. The quantitative estimate of drug-likeness (QED) is 0.422. The fourth-order valence-electron chi connectivity index (χ4n) is 4.27. The van der Waals surface area contributed by atoms with Crippen LogP contribution in [0.4, 0.5) is 4.39 Å². The Morgan fingerprint density at radius 2 is 2.09 bits per heavy atom. The standard InChI is InChI=1S/C22H23FN8O3/c1-2-33-13-5-3-12(4-6-13)31-11-15(17(30-31)16-10-25-7-8-26-16)19-18(21(24)32)28-22(34-19)14-9-27-29-20(14)23/h7-13H,2-6H2,1H3,(H2,24,32)(H,27,29). The lowest BCUT2D eigenvalue weighted by Crippen LogP contribution is -2.24. The SMILES string of the molecule is CCOC1CCC(n2cc(-c3oc(-c4cn[nH]c4F)nc3C(N)=O)c(-c3cnccn3)n2)CC1. The van der Waals surface area contributed by atoms with Crippen LogP contribution in [-0.2, 0) is 4.74 Å². The Hall–Kier alpha value is -3.93. The van der Waals surface area contributed by atoms with Crippen molar-refractivity contribution >= 4 is 5.91 Å². The Balaban J connectivity index is 1.59. The van der Waals surface area contributed by atoms with E-state index >= 15 is 0 Å². The average Bonchev–Trinajstić information content (AvgIpc) is 3.58. The summed E-state index contributed by atoms with van der Waals surface area (Å²) in [6, 6.07) is 0.131. The van der Waals surface area contributed by atoms with Crippen molar-refractivity contribution in [3.8, 4) is 34.2 Å². The first-order valence-electron chi connectivity index (χ1n) is 11.0. The first-order chi connectivity index (χ1) is 16.5. The minimum Gasteiger partial charge on any atom is -0.435 e. The maximum atomic E-state index is 14.1. The minimum atomic E-state index is -0.816. The van der Waals surface area contributed by atoms with Gasteiger partial charge in [-0.3, -0.25) is 24.5 Å². The van der Waals surface area contributed by atoms with Crippen LogP contribution in [0.5, 0.6) is 0 Å². The van der Waals surface area contributed by atoms with E-state index in [1.165, 1.54) is 6.20 Å². The summed E-state index contributed by atoms with van der Waals surface area (Å²) in [5, 5.41) is 10.6. The summed E-state index contributed by atoms with van der Waals surface area (Å²) in [6.45, 7) is 2.69. The highest BCUT2D eigenvalue weighted by Crippen LogP contribution is 2.38. The maximum Gasteiger partial charge on any atom is 0.271 e. The van der Waals surface area contributed by atoms with Crippen molar-refractivity contribution in [1.29, 1.82) is 0 Å². The number of aromatic nitrogens is 7. The second-order valence-corrected chi connectivity index (χ2v) is 8.01. The largest absolute Gasteiger partial charge is 0.435 e. The van der Waals surface area contributed by atoms with E-state index in [1.807, 2.05) is 11.6 Å². The van der Waals surface area contributed by atoms with Gasteiger partial charge in [0.15, 0.2) is 11.5 Å². The number of nitrogens with two attached hydrogens (primary N) is 1. The van der Waals surface area contributed by atoms with E-state index in [9.17, 15) is 9.18 Å². The number of amides is 1. The topological polar surface area (TPSA) is 151 Å². The van der Waals surface area contributed by atoms with Crippen LogP contribution < -0.4 is 5.73 Å². The Kier molecular flexibility index (Phi) is 5.88. The molecule has 0 aromatic carbocycles. The number of rotatable bonds is 7. The number of H-pyrrole nitrogens is 1. The van der Waals surface area contributed by atoms with Crippen LogP contribution in [0.2, 0.25) is 0 Å². The number of aromatic amines is 1. The number of halogens is 1. The van der Waals surface area contributed by atoms with Crippen molar-refractivity contribution in [1.82, 2.24) is 34.9 Å². The average molecular weight is 466 g/mol. The fourth-order valence-corrected chi connectivity index (χ4v) is 4.27. The normalized spacial score (nSPS) is 18.3. The summed E-state index contributed by atoms with van der Waals surface area (Å²) in [5.41, 5.74) is 6.84. The third-order valence-electron chi connectivity index (χ3n) is 5.89. The van der Waals surface area contributed by atoms with E-state index in [4.69, 9.17) is 20.0 Å². The lowest BCUT2D eigenvalue weighted by molar-refractivity contribution is 0.0260. The summed E-state index contributed by atoms with van der Waals surface area (Å²) in [4.78, 5) is 24.9. The molecule has 4 aromatic rings. The molecule has 4 heterocycles. The summed E-state index contributed by atoms with van der Waals surface area (Å²) in [6.07, 6.45) is 11.5. The van der Waals surface area contributed by atoms with Crippen LogP contribution in [0.15, 0.2) is 35.4 Å². The molecular formula is C22H23FN8O3. The van der Waals surface area contributed by atoms with Crippen LogP contribution in [0.3, 0.4) is 0 Å². The van der Waals surface area contributed by atoms with Gasteiger partial charge in [0, 0.05) is 25.2 Å². The smallest absolute Gasteiger partial charge is 0.271 e. The van der Waals surface area contributed by atoms with Crippen molar-refractivity contribution in [3.05, 3.63) is 42.6 Å². The molecule has 34 heavy (non-hydrogen) atoms. The third-order valence-corrected chi connectivity index (χ3v) is 5.89. The highest BCUT2D eigenvalue weighted by molar-refractivity contribution is 5.98. The minimum absolute atomic E-state index is 0.0172. The molecule has 1 aliphatic carbocycles. The van der Waals surface area contributed by atoms with Crippen molar-refractivity contribution in [2.75, 3.05) is 6.61 Å². The van der Waals surface area contributed by atoms with Crippen LogP contribution in [0.25, 0.3) is 34.2 Å². The Morgan fingerprint density at radius 3 is 2.74 bits per heavy atom. The molecular weight excluding hydrogens is 443 g/mol. The zero-order valence-electron chi connectivity index (χ0n) is 18.4. The summed E-state index contributed by atoms with van der Waals surface area (Å²) in [7, 11) is 0. The van der Waals surface area contributed by atoms with Crippen molar-refractivity contribution in [2.45, 2.75) is 44.8 Å². The molecule has 12 heteroatoms. The van der Waals surface area contributed by atoms with Gasteiger partial charge in [-0.25, -0.2) is 4.98 Å². The van der Waals surface area contributed by atoms with E-state index in [0.717, 1.165) is 25.7 Å². The van der Waals surface area contributed by atoms with Gasteiger partial charge in [-0.2, -0.15) is 14.6 Å².